The largest absolute Gasteiger partial charge is 0.512 e. The highest BCUT2D eigenvalue weighted by atomic mass is 16.3. The maximum Gasteiger partial charge on any atom is 0.100 e. The van der Waals surface area contributed by atoms with Gasteiger partial charge in [0.15, 0.2) is 0 Å². The minimum atomic E-state index is 0.0794. The van der Waals surface area contributed by atoms with Gasteiger partial charge in [0.05, 0.1) is 0 Å². The van der Waals surface area contributed by atoms with E-state index >= 15 is 0 Å². The maximum atomic E-state index is 9.87. The van der Waals surface area contributed by atoms with Crippen molar-refractivity contribution >= 4 is 0 Å². The minimum absolute atomic E-state index is 0.0794. The fourth-order valence-corrected chi connectivity index (χ4v) is 2.04. The number of aliphatic hydroxyl groups excluding tert-OH is 1. The summed E-state index contributed by atoms with van der Waals surface area (Å²) >= 11 is 0. The SMILES string of the molecule is C=C1C=CC(C(C)(C)CCC)=C(O)C1. The lowest BCUT2D eigenvalue weighted by Crippen LogP contribution is -2.17. The van der Waals surface area contributed by atoms with Crippen LogP contribution >= 0.6 is 0 Å². The summed E-state index contributed by atoms with van der Waals surface area (Å²) in [5.74, 6) is 0.496. The Kier molecular flexibility index (Phi) is 3.20. The Balaban J connectivity index is 2.92. The first-order valence-corrected chi connectivity index (χ1v) is 5.26. The van der Waals surface area contributed by atoms with Crippen molar-refractivity contribution in [2.75, 3.05) is 0 Å². The average molecular weight is 192 g/mol. The van der Waals surface area contributed by atoms with Crippen molar-refractivity contribution in [3.63, 3.8) is 0 Å². The molecule has 1 heteroatoms. The van der Waals surface area contributed by atoms with Crippen LogP contribution in [-0.2, 0) is 0 Å². The first kappa shape index (κ1) is 11.1. The lowest BCUT2D eigenvalue weighted by molar-refractivity contribution is 0.342. The molecule has 0 saturated heterocycles. The molecule has 1 N–H and O–H groups in total. The molecule has 0 atom stereocenters. The van der Waals surface area contributed by atoms with Crippen LogP contribution in [0.4, 0.5) is 0 Å². The van der Waals surface area contributed by atoms with E-state index in [1.165, 1.54) is 0 Å². The van der Waals surface area contributed by atoms with E-state index in [4.69, 9.17) is 0 Å². The van der Waals surface area contributed by atoms with Crippen molar-refractivity contribution < 1.29 is 5.11 Å². The van der Waals surface area contributed by atoms with Gasteiger partial charge in [-0.1, -0.05) is 45.9 Å². The topological polar surface area (TPSA) is 20.2 Å². The Morgan fingerprint density at radius 2 is 2.07 bits per heavy atom. The van der Waals surface area contributed by atoms with Crippen LogP contribution in [0.1, 0.15) is 40.0 Å². The molecule has 0 radical (unpaired) electrons. The Hall–Kier alpha value is -0.980. The van der Waals surface area contributed by atoms with Gasteiger partial charge < -0.3 is 5.11 Å². The Labute approximate surface area is 86.8 Å². The third-order valence-corrected chi connectivity index (χ3v) is 2.80. The van der Waals surface area contributed by atoms with Crippen LogP contribution in [0.5, 0.6) is 0 Å². The first-order valence-electron chi connectivity index (χ1n) is 5.26. The summed E-state index contributed by atoms with van der Waals surface area (Å²) in [5.41, 5.74) is 2.14. The third kappa shape index (κ3) is 2.28. The second kappa shape index (κ2) is 4.04. The van der Waals surface area contributed by atoms with E-state index in [-0.39, 0.29) is 5.41 Å². The summed E-state index contributed by atoms with van der Waals surface area (Å²) in [4.78, 5) is 0. The van der Waals surface area contributed by atoms with Gasteiger partial charge in [-0.25, -0.2) is 0 Å². The fraction of sp³-hybridized carbons (Fsp3) is 0.538. The van der Waals surface area contributed by atoms with E-state index in [1.807, 2.05) is 12.2 Å². The highest BCUT2D eigenvalue weighted by molar-refractivity contribution is 5.39. The van der Waals surface area contributed by atoms with Crippen LogP contribution in [0.3, 0.4) is 0 Å². The lowest BCUT2D eigenvalue weighted by Gasteiger charge is -2.28. The summed E-state index contributed by atoms with van der Waals surface area (Å²) in [5, 5.41) is 9.87. The van der Waals surface area contributed by atoms with E-state index in [9.17, 15) is 5.11 Å². The summed E-state index contributed by atoms with van der Waals surface area (Å²) in [6, 6.07) is 0. The quantitative estimate of drug-likeness (QED) is 0.712. The van der Waals surface area contributed by atoms with E-state index < -0.39 is 0 Å². The number of aliphatic hydroxyl groups is 1. The molecule has 0 aromatic carbocycles. The van der Waals surface area contributed by atoms with E-state index in [0.29, 0.717) is 12.2 Å². The molecule has 1 nitrogen and oxygen atoms in total. The van der Waals surface area contributed by atoms with Crippen LogP contribution in [0.25, 0.3) is 0 Å². The zero-order valence-electron chi connectivity index (χ0n) is 9.43. The molecule has 0 fully saturated rings. The lowest BCUT2D eigenvalue weighted by atomic mass is 9.77. The van der Waals surface area contributed by atoms with Crippen molar-refractivity contribution in [2.45, 2.75) is 40.0 Å². The van der Waals surface area contributed by atoms with Gasteiger partial charge in [0.2, 0.25) is 0 Å². The first-order chi connectivity index (χ1) is 6.47. The van der Waals surface area contributed by atoms with Crippen molar-refractivity contribution in [3.05, 3.63) is 35.6 Å². The van der Waals surface area contributed by atoms with E-state index in [2.05, 4.69) is 27.4 Å². The summed E-state index contributed by atoms with van der Waals surface area (Å²) in [6.07, 6.45) is 6.87. The van der Waals surface area contributed by atoms with Crippen LogP contribution in [0.15, 0.2) is 35.6 Å². The van der Waals surface area contributed by atoms with Crippen LogP contribution in [0, 0.1) is 5.41 Å². The highest BCUT2D eigenvalue weighted by Gasteiger charge is 2.25. The zero-order valence-corrected chi connectivity index (χ0v) is 9.43. The number of hydrogen-bond acceptors (Lipinski definition) is 1. The van der Waals surface area contributed by atoms with E-state index in [1.54, 1.807) is 0 Å². The molecule has 0 saturated carbocycles. The molecule has 0 aromatic rings. The van der Waals surface area contributed by atoms with Gasteiger partial charge in [-0.2, -0.15) is 0 Å². The summed E-state index contributed by atoms with van der Waals surface area (Å²) < 4.78 is 0. The van der Waals surface area contributed by atoms with Crippen molar-refractivity contribution in [3.8, 4) is 0 Å². The normalized spacial score (nSPS) is 17.8. The second-order valence-electron chi connectivity index (χ2n) is 4.66. The van der Waals surface area contributed by atoms with Crippen molar-refractivity contribution in [1.29, 1.82) is 0 Å². The molecule has 14 heavy (non-hydrogen) atoms. The predicted molar refractivity (Wildman–Crippen MR) is 61.2 cm³/mol. The molecular formula is C13H20O. The van der Waals surface area contributed by atoms with Crippen LogP contribution in [-0.4, -0.2) is 5.11 Å². The maximum absolute atomic E-state index is 9.87. The molecule has 1 aliphatic carbocycles. The van der Waals surface area contributed by atoms with Gasteiger partial charge in [-0.3, -0.25) is 0 Å². The minimum Gasteiger partial charge on any atom is -0.512 e. The zero-order chi connectivity index (χ0) is 10.8. The van der Waals surface area contributed by atoms with Crippen LogP contribution < -0.4 is 0 Å². The Bertz CT molecular complexity index is 292. The monoisotopic (exact) mass is 192 g/mol. The summed E-state index contributed by atoms with van der Waals surface area (Å²) in [7, 11) is 0. The Morgan fingerprint density at radius 1 is 1.43 bits per heavy atom. The third-order valence-electron chi connectivity index (χ3n) is 2.80. The van der Waals surface area contributed by atoms with Gasteiger partial charge >= 0.3 is 0 Å². The molecular weight excluding hydrogens is 172 g/mol. The summed E-state index contributed by atoms with van der Waals surface area (Å²) in [6.45, 7) is 10.4. The van der Waals surface area contributed by atoms with Gasteiger partial charge in [0, 0.05) is 6.42 Å². The van der Waals surface area contributed by atoms with Crippen molar-refractivity contribution in [1.82, 2.24) is 0 Å². The number of allylic oxidation sites excluding steroid dienone is 4. The molecule has 1 rings (SSSR count). The molecule has 78 valence electrons. The number of hydrogen-bond donors (Lipinski definition) is 1. The highest BCUT2D eigenvalue weighted by Crippen LogP contribution is 2.37. The molecule has 0 bridgehead atoms. The molecule has 1 aliphatic rings. The molecule has 0 aromatic heterocycles. The van der Waals surface area contributed by atoms with Crippen molar-refractivity contribution in [2.24, 2.45) is 5.41 Å². The average Bonchev–Trinajstić information content (AvgIpc) is 2.02. The molecule has 0 unspecified atom stereocenters. The standard InChI is InChI=1S/C13H20O/c1-5-8-13(3,4)11-7-6-10(2)9-12(11)14/h6-7,14H,2,5,8-9H2,1,3-4H3. The molecule has 0 heterocycles. The van der Waals surface area contributed by atoms with Crippen LogP contribution in [0.2, 0.25) is 0 Å². The van der Waals surface area contributed by atoms with Gasteiger partial charge in [0.1, 0.15) is 5.76 Å². The number of rotatable bonds is 3. The molecule has 0 spiro atoms. The molecule has 0 amide bonds. The predicted octanol–water partition coefficient (Wildman–Crippen LogP) is 4.14. The van der Waals surface area contributed by atoms with Gasteiger partial charge in [-0.15, -0.1) is 0 Å². The van der Waals surface area contributed by atoms with Gasteiger partial charge in [0.25, 0.3) is 0 Å². The fourth-order valence-electron chi connectivity index (χ4n) is 2.04. The van der Waals surface area contributed by atoms with Gasteiger partial charge in [-0.05, 0) is 23.0 Å². The molecule has 0 aliphatic heterocycles. The Morgan fingerprint density at radius 3 is 2.57 bits per heavy atom. The van der Waals surface area contributed by atoms with E-state index in [0.717, 1.165) is 24.0 Å². The smallest absolute Gasteiger partial charge is 0.100 e. The second-order valence-corrected chi connectivity index (χ2v) is 4.66.